The highest BCUT2D eigenvalue weighted by Gasteiger charge is 2.20. The van der Waals surface area contributed by atoms with Crippen molar-refractivity contribution < 1.29 is 4.42 Å². The number of hydrogen-bond donors (Lipinski definition) is 0. The van der Waals surface area contributed by atoms with Crippen LogP contribution in [0.3, 0.4) is 0 Å². The molecule has 3 heteroatoms. The van der Waals surface area contributed by atoms with Crippen molar-refractivity contribution >= 4 is 71.4 Å². The molecule has 2 aromatic heterocycles. The van der Waals surface area contributed by atoms with Crippen molar-refractivity contribution in [2.45, 2.75) is 0 Å². The second kappa shape index (κ2) is 9.82. The molecule has 7 aromatic carbocycles. The van der Waals surface area contributed by atoms with Crippen LogP contribution in [0.15, 0.2) is 162 Å². The van der Waals surface area contributed by atoms with Crippen molar-refractivity contribution in [2.24, 2.45) is 0 Å². The summed E-state index contributed by atoms with van der Waals surface area (Å²) in [5, 5.41) is 9.51. The fourth-order valence-electron chi connectivity index (χ4n) is 6.62. The Labute approximate surface area is 254 Å². The van der Waals surface area contributed by atoms with E-state index >= 15 is 0 Å². The Kier molecular flexibility index (Phi) is 5.50. The predicted octanol–water partition coefficient (Wildman–Crippen LogP) is 11.6. The Bertz CT molecular complexity index is 2490. The van der Waals surface area contributed by atoms with Crippen molar-refractivity contribution in [2.75, 3.05) is 4.90 Å². The molecule has 9 rings (SSSR count). The first-order valence-corrected chi connectivity index (χ1v) is 14.9. The van der Waals surface area contributed by atoms with Crippen molar-refractivity contribution in [3.8, 4) is 11.1 Å². The maximum Gasteiger partial charge on any atom is 0.229 e. The lowest BCUT2D eigenvalue weighted by Crippen LogP contribution is -2.10. The SMILES string of the molecule is c1ccc(-c2ccc(N(c3ccc4ccc5c6ccccc6ccc5c4c3)c3ccnc4oc5ccccc5c34)cc2)cc1. The molecule has 44 heavy (non-hydrogen) atoms. The first kappa shape index (κ1) is 24.6. The van der Waals surface area contributed by atoms with Gasteiger partial charge in [0, 0.05) is 23.0 Å². The van der Waals surface area contributed by atoms with Gasteiger partial charge in [-0.3, -0.25) is 0 Å². The van der Waals surface area contributed by atoms with Crippen LogP contribution in [0.4, 0.5) is 17.1 Å². The van der Waals surface area contributed by atoms with Crippen LogP contribution in [-0.2, 0) is 0 Å². The molecule has 0 fully saturated rings. The van der Waals surface area contributed by atoms with Crippen LogP contribution in [0.5, 0.6) is 0 Å². The van der Waals surface area contributed by atoms with Crippen LogP contribution in [-0.4, -0.2) is 4.98 Å². The number of rotatable bonds is 4. The van der Waals surface area contributed by atoms with Crippen LogP contribution in [0, 0.1) is 0 Å². The minimum atomic E-state index is 0.632. The first-order valence-electron chi connectivity index (χ1n) is 14.9. The van der Waals surface area contributed by atoms with Gasteiger partial charge in [-0.1, -0.05) is 115 Å². The van der Waals surface area contributed by atoms with Crippen molar-refractivity contribution in [1.29, 1.82) is 0 Å². The molecule has 3 nitrogen and oxygen atoms in total. The van der Waals surface area contributed by atoms with Gasteiger partial charge in [-0.2, -0.15) is 0 Å². The maximum atomic E-state index is 6.22. The average molecular weight is 563 g/mol. The van der Waals surface area contributed by atoms with Crippen molar-refractivity contribution in [3.05, 3.63) is 158 Å². The molecule has 0 saturated carbocycles. The standard InChI is InChI=1S/C41H26N2O/c1-2-8-27(9-3-1)28-14-19-31(20-15-28)43(38-24-25-42-41-40(38)36-12-6-7-13-39(36)44-41)32-21-16-30-18-22-34-33-11-5-4-10-29(33)17-23-35(34)37(30)26-32/h1-26H. The number of benzene rings is 7. The zero-order chi connectivity index (χ0) is 29.0. The molecular formula is C41H26N2O. The summed E-state index contributed by atoms with van der Waals surface area (Å²) in [5.74, 6) is 0. The number of anilines is 3. The summed E-state index contributed by atoms with van der Waals surface area (Å²) in [4.78, 5) is 6.96. The van der Waals surface area contributed by atoms with Crippen LogP contribution in [0.1, 0.15) is 0 Å². The van der Waals surface area contributed by atoms with Crippen LogP contribution < -0.4 is 4.90 Å². The van der Waals surface area contributed by atoms with Crippen molar-refractivity contribution in [3.63, 3.8) is 0 Å². The van der Waals surface area contributed by atoms with E-state index in [4.69, 9.17) is 4.42 Å². The number of furan rings is 1. The maximum absolute atomic E-state index is 6.22. The van der Waals surface area contributed by atoms with Crippen molar-refractivity contribution in [1.82, 2.24) is 4.98 Å². The predicted molar refractivity (Wildman–Crippen MR) is 184 cm³/mol. The van der Waals surface area contributed by atoms with Crippen LogP contribution in [0.2, 0.25) is 0 Å². The van der Waals surface area contributed by atoms with Gasteiger partial charge in [-0.05, 0) is 79.8 Å². The number of hydrogen-bond acceptors (Lipinski definition) is 3. The molecule has 0 unspecified atom stereocenters. The number of para-hydroxylation sites is 1. The van der Waals surface area contributed by atoms with Gasteiger partial charge in [-0.15, -0.1) is 0 Å². The molecule has 2 heterocycles. The number of fused-ring (bicyclic) bond motifs is 8. The fourth-order valence-corrected chi connectivity index (χ4v) is 6.62. The van der Waals surface area contributed by atoms with E-state index in [1.807, 2.05) is 18.3 Å². The van der Waals surface area contributed by atoms with Crippen LogP contribution >= 0.6 is 0 Å². The second-order valence-corrected chi connectivity index (χ2v) is 11.2. The van der Waals surface area contributed by atoms with Gasteiger partial charge in [0.2, 0.25) is 5.71 Å². The van der Waals surface area contributed by atoms with E-state index in [2.05, 4.69) is 149 Å². The summed E-state index contributed by atoms with van der Waals surface area (Å²) in [5.41, 5.74) is 7.00. The van der Waals surface area contributed by atoms with Gasteiger partial charge in [0.25, 0.3) is 0 Å². The van der Waals surface area contributed by atoms with E-state index in [0.29, 0.717) is 5.71 Å². The molecular weight excluding hydrogens is 536 g/mol. The summed E-state index contributed by atoms with van der Waals surface area (Å²) in [6.07, 6.45) is 1.84. The minimum absolute atomic E-state index is 0.632. The van der Waals surface area contributed by atoms with Gasteiger partial charge >= 0.3 is 0 Å². The third-order valence-electron chi connectivity index (χ3n) is 8.72. The molecule has 0 saturated heterocycles. The molecule has 0 bridgehead atoms. The molecule has 0 spiro atoms. The first-order chi connectivity index (χ1) is 21.8. The molecule has 206 valence electrons. The van der Waals surface area contributed by atoms with Gasteiger partial charge < -0.3 is 9.32 Å². The number of nitrogens with zero attached hydrogens (tertiary/aromatic N) is 2. The molecule has 0 aliphatic carbocycles. The Hall–Kier alpha value is -5.93. The Balaban J connectivity index is 1.30. The van der Waals surface area contributed by atoms with E-state index < -0.39 is 0 Å². The third-order valence-corrected chi connectivity index (χ3v) is 8.72. The average Bonchev–Trinajstić information content (AvgIpc) is 3.48. The monoisotopic (exact) mass is 562 g/mol. The van der Waals surface area contributed by atoms with E-state index in [1.54, 1.807) is 0 Å². The summed E-state index contributed by atoms with van der Waals surface area (Å²) in [7, 11) is 0. The Morgan fingerprint density at radius 2 is 1.09 bits per heavy atom. The fraction of sp³-hybridized carbons (Fsp3) is 0. The zero-order valence-corrected chi connectivity index (χ0v) is 23.8. The van der Waals surface area contributed by atoms with E-state index in [9.17, 15) is 0 Å². The Morgan fingerprint density at radius 1 is 0.455 bits per heavy atom. The van der Waals surface area contributed by atoms with E-state index in [1.165, 1.54) is 43.4 Å². The highest BCUT2D eigenvalue weighted by molar-refractivity contribution is 6.18. The minimum Gasteiger partial charge on any atom is -0.438 e. The van der Waals surface area contributed by atoms with Gasteiger partial charge in [0.05, 0.1) is 11.1 Å². The lowest BCUT2D eigenvalue weighted by molar-refractivity contribution is 0.654. The quantitative estimate of drug-likeness (QED) is 0.200. The molecule has 0 radical (unpaired) electrons. The van der Waals surface area contributed by atoms with Gasteiger partial charge in [-0.25, -0.2) is 4.98 Å². The summed E-state index contributed by atoms with van der Waals surface area (Å²) in [6, 6.07) is 54.0. The highest BCUT2D eigenvalue weighted by atomic mass is 16.3. The molecule has 0 amide bonds. The largest absolute Gasteiger partial charge is 0.438 e. The summed E-state index contributed by atoms with van der Waals surface area (Å²) < 4.78 is 6.22. The normalized spacial score (nSPS) is 11.6. The molecule has 0 aliphatic heterocycles. The highest BCUT2D eigenvalue weighted by Crippen LogP contribution is 2.44. The molecule has 9 aromatic rings. The van der Waals surface area contributed by atoms with Gasteiger partial charge in [0.1, 0.15) is 5.58 Å². The van der Waals surface area contributed by atoms with E-state index in [0.717, 1.165) is 33.4 Å². The molecule has 0 N–H and O–H groups in total. The smallest absolute Gasteiger partial charge is 0.229 e. The number of pyridine rings is 1. The van der Waals surface area contributed by atoms with Gasteiger partial charge in [0.15, 0.2) is 0 Å². The molecule has 0 aliphatic rings. The van der Waals surface area contributed by atoms with E-state index in [-0.39, 0.29) is 0 Å². The Morgan fingerprint density at radius 3 is 1.93 bits per heavy atom. The number of aromatic nitrogens is 1. The zero-order valence-electron chi connectivity index (χ0n) is 23.8. The topological polar surface area (TPSA) is 29.3 Å². The lowest BCUT2D eigenvalue weighted by Gasteiger charge is -2.27. The van der Waals surface area contributed by atoms with Crippen LogP contribution in [0.25, 0.3) is 65.5 Å². The summed E-state index contributed by atoms with van der Waals surface area (Å²) in [6.45, 7) is 0. The lowest BCUT2D eigenvalue weighted by atomic mass is 9.96. The summed E-state index contributed by atoms with van der Waals surface area (Å²) >= 11 is 0. The second-order valence-electron chi connectivity index (χ2n) is 11.2. The third kappa shape index (κ3) is 3.87. The molecule has 0 atom stereocenters.